The van der Waals surface area contributed by atoms with Crippen molar-refractivity contribution in [3.8, 4) is 0 Å². The van der Waals surface area contributed by atoms with Crippen molar-refractivity contribution in [3.63, 3.8) is 0 Å². The van der Waals surface area contributed by atoms with Crippen LogP contribution in [-0.4, -0.2) is 24.1 Å². The molecule has 0 atom stereocenters. The topological polar surface area (TPSA) is 28.2 Å². The Bertz CT molecular complexity index is 219. The highest BCUT2D eigenvalue weighted by Crippen LogP contribution is 2.10. The molecule has 3 nitrogen and oxygen atoms in total. The van der Waals surface area contributed by atoms with Crippen LogP contribution in [0.3, 0.4) is 0 Å². The zero-order chi connectivity index (χ0) is 8.27. The predicted molar refractivity (Wildman–Crippen MR) is 47.4 cm³/mol. The van der Waals surface area contributed by atoms with Crippen molar-refractivity contribution in [2.75, 3.05) is 14.1 Å². The highest BCUT2D eigenvalue weighted by molar-refractivity contribution is 7.11. The standard InChI is InChI=1S/C7H13N3S/c1-6-8-4-7(11-6)5-9-10(2)3/h4,9H,5H2,1-3H3. The molecule has 4 heteroatoms. The molecule has 0 saturated carbocycles. The molecule has 0 bridgehead atoms. The van der Waals surface area contributed by atoms with Crippen molar-refractivity contribution in [2.24, 2.45) is 0 Å². The van der Waals surface area contributed by atoms with Gasteiger partial charge in [-0.3, -0.25) is 10.4 Å². The Morgan fingerprint density at radius 2 is 2.36 bits per heavy atom. The number of hydrazine groups is 1. The van der Waals surface area contributed by atoms with E-state index in [2.05, 4.69) is 10.4 Å². The highest BCUT2D eigenvalue weighted by atomic mass is 32.1. The van der Waals surface area contributed by atoms with Gasteiger partial charge >= 0.3 is 0 Å². The fourth-order valence-electron chi connectivity index (χ4n) is 0.723. The number of rotatable bonds is 3. The fraction of sp³-hybridized carbons (Fsp3) is 0.571. The van der Waals surface area contributed by atoms with E-state index >= 15 is 0 Å². The normalized spacial score (nSPS) is 10.9. The summed E-state index contributed by atoms with van der Waals surface area (Å²) in [5.41, 5.74) is 3.18. The van der Waals surface area contributed by atoms with Crippen LogP contribution in [0.2, 0.25) is 0 Å². The third kappa shape index (κ3) is 2.96. The lowest BCUT2D eigenvalue weighted by molar-refractivity contribution is 0.287. The van der Waals surface area contributed by atoms with E-state index in [-0.39, 0.29) is 0 Å². The quantitative estimate of drug-likeness (QED) is 0.688. The summed E-state index contributed by atoms with van der Waals surface area (Å²) < 4.78 is 0. The number of aryl methyl sites for hydroxylation is 1. The van der Waals surface area contributed by atoms with Gasteiger partial charge in [-0.15, -0.1) is 11.3 Å². The zero-order valence-corrected chi connectivity index (χ0v) is 7.90. The van der Waals surface area contributed by atoms with Gasteiger partial charge < -0.3 is 0 Å². The molecule has 1 aromatic rings. The van der Waals surface area contributed by atoms with Crippen LogP contribution in [0.15, 0.2) is 6.20 Å². The summed E-state index contributed by atoms with van der Waals surface area (Å²) in [5.74, 6) is 0. The zero-order valence-electron chi connectivity index (χ0n) is 7.09. The second-order valence-electron chi connectivity index (χ2n) is 2.57. The van der Waals surface area contributed by atoms with Crippen molar-refractivity contribution in [3.05, 3.63) is 16.1 Å². The van der Waals surface area contributed by atoms with Crippen LogP contribution in [0.1, 0.15) is 9.88 Å². The van der Waals surface area contributed by atoms with E-state index in [0.717, 1.165) is 11.6 Å². The lowest BCUT2D eigenvalue weighted by Crippen LogP contribution is -2.29. The van der Waals surface area contributed by atoms with Gasteiger partial charge in [-0.2, -0.15) is 0 Å². The van der Waals surface area contributed by atoms with Gasteiger partial charge in [-0.25, -0.2) is 4.98 Å². The van der Waals surface area contributed by atoms with E-state index in [4.69, 9.17) is 0 Å². The van der Waals surface area contributed by atoms with E-state index in [1.807, 2.05) is 32.2 Å². The second kappa shape index (κ2) is 3.80. The van der Waals surface area contributed by atoms with Crippen molar-refractivity contribution >= 4 is 11.3 Å². The first-order valence-corrected chi connectivity index (χ1v) is 4.32. The lowest BCUT2D eigenvalue weighted by Gasteiger charge is -2.09. The first-order valence-electron chi connectivity index (χ1n) is 3.50. The molecule has 0 fully saturated rings. The molecule has 0 spiro atoms. The van der Waals surface area contributed by atoms with Crippen LogP contribution in [0.5, 0.6) is 0 Å². The van der Waals surface area contributed by atoms with Crippen LogP contribution in [-0.2, 0) is 6.54 Å². The van der Waals surface area contributed by atoms with Gasteiger partial charge in [0.1, 0.15) is 0 Å². The van der Waals surface area contributed by atoms with Crippen molar-refractivity contribution in [1.29, 1.82) is 0 Å². The summed E-state index contributed by atoms with van der Waals surface area (Å²) in [6, 6.07) is 0. The number of nitrogens with one attached hydrogen (secondary N) is 1. The molecule has 0 amide bonds. The van der Waals surface area contributed by atoms with Gasteiger partial charge in [0.25, 0.3) is 0 Å². The molecule has 0 unspecified atom stereocenters. The predicted octanol–water partition coefficient (Wildman–Crippen LogP) is 1.02. The molecule has 1 rings (SSSR count). The van der Waals surface area contributed by atoms with Crippen LogP contribution in [0, 0.1) is 6.92 Å². The Morgan fingerprint density at radius 3 is 2.82 bits per heavy atom. The summed E-state index contributed by atoms with van der Waals surface area (Å²) in [4.78, 5) is 5.43. The maximum Gasteiger partial charge on any atom is 0.0897 e. The largest absolute Gasteiger partial charge is 0.250 e. The highest BCUT2D eigenvalue weighted by Gasteiger charge is 1.96. The minimum Gasteiger partial charge on any atom is -0.250 e. The summed E-state index contributed by atoms with van der Waals surface area (Å²) in [6.45, 7) is 2.89. The first kappa shape index (κ1) is 8.64. The summed E-state index contributed by atoms with van der Waals surface area (Å²) in [5, 5.41) is 3.07. The maximum atomic E-state index is 4.15. The van der Waals surface area contributed by atoms with Gasteiger partial charge in [0.2, 0.25) is 0 Å². The van der Waals surface area contributed by atoms with Gasteiger partial charge in [0.05, 0.1) is 5.01 Å². The first-order chi connectivity index (χ1) is 5.18. The van der Waals surface area contributed by atoms with E-state index in [0.29, 0.717) is 0 Å². The van der Waals surface area contributed by atoms with Crippen LogP contribution >= 0.6 is 11.3 Å². The molecule has 0 aromatic carbocycles. The Hall–Kier alpha value is -0.450. The van der Waals surface area contributed by atoms with Gasteiger partial charge in [-0.05, 0) is 6.92 Å². The summed E-state index contributed by atoms with van der Waals surface area (Å²) in [7, 11) is 3.96. The molecular formula is C7H13N3S. The van der Waals surface area contributed by atoms with Gasteiger partial charge in [-0.1, -0.05) is 0 Å². The monoisotopic (exact) mass is 171 g/mol. The van der Waals surface area contributed by atoms with Gasteiger partial charge in [0.15, 0.2) is 0 Å². The average Bonchev–Trinajstić information content (AvgIpc) is 2.31. The SMILES string of the molecule is Cc1ncc(CNN(C)C)s1. The summed E-state index contributed by atoms with van der Waals surface area (Å²) >= 11 is 1.73. The Labute approximate surface area is 71.0 Å². The molecule has 0 aliphatic heterocycles. The molecule has 62 valence electrons. The van der Waals surface area contributed by atoms with Crippen LogP contribution in [0.4, 0.5) is 0 Å². The Balaban J connectivity index is 2.39. The number of thiazole rings is 1. The van der Waals surface area contributed by atoms with Crippen molar-refractivity contribution < 1.29 is 0 Å². The molecule has 0 aliphatic rings. The van der Waals surface area contributed by atoms with Crippen molar-refractivity contribution in [1.82, 2.24) is 15.4 Å². The summed E-state index contributed by atoms with van der Waals surface area (Å²) in [6.07, 6.45) is 1.91. The van der Waals surface area contributed by atoms with Crippen LogP contribution < -0.4 is 5.43 Å². The molecule has 1 N–H and O–H groups in total. The Kier molecular flexibility index (Phi) is 2.99. The number of aromatic nitrogens is 1. The molecule has 0 radical (unpaired) electrons. The van der Waals surface area contributed by atoms with Crippen LogP contribution in [0.25, 0.3) is 0 Å². The molecular weight excluding hydrogens is 158 g/mol. The molecule has 11 heavy (non-hydrogen) atoms. The van der Waals surface area contributed by atoms with E-state index in [9.17, 15) is 0 Å². The minimum atomic E-state index is 0.874. The van der Waals surface area contributed by atoms with E-state index in [1.54, 1.807) is 11.3 Å². The molecule has 0 aliphatic carbocycles. The number of hydrogen-bond donors (Lipinski definition) is 1. The smallest absolute Gasteiger partial charge is 0.0897 e. The lowest BCUT2D eigenvalue weighted by atomic mass is 10.6. The molecule has 0 saturated heterocycles. The number of nitrogens with zero attached hydrogens (tertiary/aromatic N) is 2. The minimum absolute atomic E-state index is 0.874. The second-order valence-corrected chi connectivity index (χ2v) is 3.89. The van der Waals surface area contributed by atoms with Gasteiger partial charge in [0, 0.05) is 31.7 Å². The Morgan fingerprint density at radius 1 is 1.64 bits per heavy atom. The fourth-order valence-corrected chi connectivity index (χ4v) is 1.45. The number of hydrogen-bond acceptors (Lipinski definition) is 4. The third-order valence-corrected chi connectivity index (χ3v) is 2.15. The van der Waals surface area contributed by atoms with E-state index in [1.165, 1.54) is 4.88 Å². The maximum absolute atomic E-state index is 4.15. The molecule has 1 heterocycles. The average molecular weight is 171 g/mol. The van der Waals surface area contributed by atoms with E-state index < -0.39 is 0 Å². The third-order valence-electron chi connectivity index (χ3n) is 1.24. The molecule has 1 aromatic heterocycles. The van der Waals surface area contributed by atoms with Crippen molar-refractivity contribution in [2.45, 2.75) is 13.5 Å².